The predicted molar refractivity (Wildman–Crippen MR) is 62.9 cm³/mol. The van der Waals surface area contributed by atoms with E-state index in [0.717, 1.165) is 6.42 Å². The molecule has 2 rings (SSSR count). The fourth-order valence-corrected chi connectivity index (χ4v) is 2.20. The summed E-state index contributed by atoms with van der Waals surface area (Å²) in [6.07, 6.45) is 2.91. The quantitative estimate of drug-likeness (QED) is 0.746. The third-order valence-corrected chi connectivity index (χ3v) is 3.26. The molecule has 1 saturated heterocycles. The van der Waals surface area contributed by atoms with Crippen molar-refractivity contribution in [2.45, 2.75) is 19.8 Å². The third-order valence-electron chi connectivity index (χ3n) is 3.26. The van der Waals surface area contributed by atoms with Gasteiger partial charge in [0.2, 0.25) is 5.78 Å². The number of carbonyl (C=O) groups excluding carboxylic acids is 2. The molecule has 0 saturated carbocycles. The number of nitrogens with zero attached hydrogens (tertiary/aromatic N) is 1. The Morgan fingerprint density at radius 3 is 3.06 bits per heavy atom. The number of ketones is 2. The van der Waals surface area contributed by atoms with E-state index in [1.165, 1.54) is 6.26 Å². The average Bonchev–Trinajstić information content (AvgIpc) is 2.85. The molecule has 0 aromatic carbocycles. The van der Waals surface area contributed by atoms with Gasteiger partial charge in [-0.05, 0) is 18.6 Å². The molecule has 2 heterocycles. The second-order valence-electron chi connectivity index (χ2n) is 4.46. The molecule has 1 aromatic heterocycles. The Balaban J connectivity index is 1.92. The van der Waals surface area contributed by atoms with Gasteiger partial charge in [-0.25, -0.2) is 0 Å². The van der Waals surface area contributed by atoms with Crippen molar-refractivity contribution in [1.82, 2.24) is 4.90 Å². The third kappa shape index (κ3) is 2.82. The minimum atomic E-state index is -0.0146. The smallest absolute Gasteiger partial charge is 0.211 e. The number of carbonyl (C=O) groups is 2. The molecule has 0 spiro atoms. The van der Waals surface area contributed by atoms with Crippen LogP contribution in [-0.2, 0) is 4.79 Å². The van der Waals surface area contributed by atoms with E-state index in [4.69, 9.17) is 4.42 Å². The lowest BCUT2D eigenvalue weighted by Crippen LogP contribution is -2.42. The highest BCUT2D eigenvalue weighted by Crippen LogP contribution is 2.16. The molecule has 4 heteroatoms. The number of likely N-dealkylation sites (tertiary alicyclic amines) is 1. The van der Waals surface area contributed by atoms with Crippen molar-refractivity contribution in [3.8, 4) is 0 Å². The Morgan fingerprint density at radius 2 is 2.41 bits per heavy atom. The van der Waals surface area contributed by atoms with Crippen LogP contribution in [0.15, 0.2) is 22.8 Å². The van der Waals surface area contributed by atoms with Crippen molar-refractivity contribution in [3.63, 3.8) is 0 Å². The summed E-state index contributed by atoms with van der Waals surface area (Å²) in [6.45, 7) is 3.74. The van der Waals surface area contributed by atoms with Crippen LogP contribution >= 0.6 is 0 Å². The predicted octanol–water partition coefficient (Wildman–Crippen LogP) is 1.76. The largest absolute Gasteiger partial charge is 0.461 e. The zero-order valence-corrected chi connectivity index (χ0v) is 10.0. The van der Waals surface area contributed by atoms with E-state index in [0.29, 0.717) is 37.6 Å². The number of hydrogen-bond donors (Lipinski definition) is 0. The molecule has 1 unspecified atom stereocenters. The van der Waals surface area contributed by atoms with E-state index in [1.54, 1.807) is 12.1 Å². The normalized spacial score (nSPS) is 21.7. The molecule has 1 atom stereocenters. The van der Waals surface area contributed by atoms with Crippen molar-refractivity contribution in [1.29, 1.82) is 0 Å². The van der Waals surface area contributed by atoms with Gasteiger partial charge in [0.25, 0.3) is 0 Å². The van der Waals surface area contributed by atoms with Gasteiger partial charge in [0.15, 0.2) is 5.76 Å². The van der Waals surface area contributed by atoms with Crippen molar-refractivity contribution in [3.05, 3.63) is 24.2 Å². The van der Waals surface area contributed by atoms with Gasteiger partial charge >= 0.3 is 0 Å². The molecular weight excluding hydrogens is 218 g/mol. The SMILES string of the molecule is CCC1CN(CC(=O)c2ccco2)CCC1=O. The first-order valence-electron chi connectivity index (χ1n) is 6.02. The summed E-state index contributed by atoms with van der Waals surface area (Å²) >= 11 is 0. The Hall–Kier alpha value is -1.42. The van der Waals surface area contributed by atoms with Crippen molar-refractivity contribution in [2.24, 2.45) is 5.92 Å². The molecule has 4 nitrogen and oxygen atoms in total. The molecule has 0 N–H and O–H groups in total. The highest BCUT2D eigenvalue weighted by atomic mass is 16.3. The maximum absolute atomic E-state index is 11.8. The standard InChI is InChI=1S/C13H17NO3/c1-2-10-8-14(6-5-11(10)15)9-12(16)13-4-3-7-17-13/h3-4,7,10H,2,5-6,8-9H2,1H3. The molecule has 0 bridgehead atoms. The van der Waals surface area contributed by atoms with E-state index >= 15 is 0 Å². The molecule has 92 valence electrons. The lowest BCUT2D eigenvalue weighted by atomic mass is 9.94. The van der Waals surface area contributed by atoms with Crippen LogP contribution in [0.2, 0.25) is 0 Å². The van der Waals surface area contributed by atoms with Crippen LogP contribution in [0.4, 0.5) is 0 Å². The lowest BCUT2D eigenvalue weighted by Gasteiger charge is -2.30. The minimum absolute atomic E-state index is 0.0146. The zero-order chi connectivity index (χ0) is 12.3. The van der Waals surface area contributed by atoms with Gasteiger partial charge in [0.05, 0.1) is 12.8 Å². The molecule has 0 aliphatic carbocycles. The first kappa shape index (κ1) is 12.0. The monoisotopic (exact) mass is 235 g/mol. The van der Waals surface area contributed by atoms with Crippen LogP contribution in [-0.4, -0.2) is 36.1 Å². The van der Waals surface area contributed by atoms with Crippen molar-refractivity contribution >= 4 is 11.6 Å². The fraction of sp³-hybridized carbons (Fsp3) is 0.538. The summed E-state index contributed by atoms with van der Waals surface area (Å²) in [5.41, 5.74) is 0. The molecule has 1 aliphatic heterocycles. The second kappa shape index (κ2) is 5.27. The summed E-state index contributed by atoms with van der Waals surface area (Å²) in [5, 5.41) is 0. The topological polar surface area (TPSA) is 50.5 Å². The average molecular weight is 235 g/mol. The molecule has 1 aromatic rings. The van der Waals surface area contributed by atoms with Crippen LogP contribution in [0, 0.1) is 5.92 Å². The minimum Gasteiger partial charge on any atom is -0.461 e. The number of furan rings is 1. The van der Waals surface area contributed by atoms with Gasteiger partial charge in [0.1, 0.15) is 5.78 Å². The Bertz CT molecular complexity index is 397. The summed E-state index contributed by atoms with van der Waals surface area (Å²) in [5.74, 6) is 0.802. The Labute approximate surface area is 101 Å². The number of hydrogen-bond acceptors (Lipinski definition) is 4. The first-order valence-corrected chi connectivity index (χ1v) is 6.02. The molecule has 1 aliphatic rings. The van der Waals surface area contributed by atoms with Crippen molar-refractivity contribution < 1.29 is 14.0 Å². The van der Waals surface area contributed by atoms with E-state index in [2.05, 4.69) is 0 Å². The van der Waals surface area contributed by atoms with E-state index in [9.17, 15) is 9.59 Å². The van der Waals surface area contributed by atoms with Gasteiger partial charge in [-0.3, -0.25) is 14.5 Å². The molecule has 17 heavy (non-hydrogen) atoms. The van der Waals surface area contributed by atoms with Gasteiger partial charge in [-0.15, -0.1) is 0 Å². The van der Waals surface area contributed by atoms with Gasteiger partial charge < -0.3 is 4.42 Å². The Kier molecular flexibility index (Phi) is 3.74. The van der Waals surface area contributed by atoms with E-state index in [-0.39, 0.29) is 11.7 Å². The maximum atomic E-state index is 11.8. The van der Waals surface area contributed by atoms with Crippen molar-refractivity contribution in [2.75, 3.05) is 19.6 Å². The summed E-state index contributed by atoms with van der Waals surface area (Å²) in [4.78, 5) is 25.4. The molecule has 0 radical (unpaired) electrons. The van der Waals surface area contributed by atoms with Gasteiger partial charge in [-0.1, -0.05) is 6.92 Å². The maximum Gasteiger partial charge on any atom is 0.211 e. The van der Waals surface area contributed by atoms with Crippen LogP contribution < -0.4 is 0 Å². The number of Topliss-reactive ketones (excluding diaryl/α,β-unsaturated/α-hetero) is 2. The van der Waals surface area contributed by atoms with E-state index < -0.39 is 0 Å². The summed E-state index contributed by atoms with van der Waals surface area (Å²) in [7, 11) is 0. The lowest BCUT2D eigenvalue weighted by molar-refractivity contribution is -0.126. The molecule has 0 amide bonds. The number of piperidine rings is 1. The number of rotatable bonds is 4. The van der Waals surface area contributed by atoms with Gasteiger partial charge in [-0.2, -0.15) is 0 Å². The molecular formula is C13H17NO3. The van der Waals surface area contributed by atoms with Crippen LogP contribution in [0.1, 0.15) is 30.3 Å². The second-order valence-corrected chi connectivity index (χ2v) is 4.46. The fourth-order valence-electron chi connectivity index (χ4n) is 2.20. The summed E-state index contributed by atoms with van der Waals surface area (Å²) in [6, 6.07) is 3.39. The van der Waals surface area contributed by atoms with E-state index in [1.807, 2.05) is 11.8 Å². The van der Waals surface area contributed by atoms with Gasteiger partial charge in [0, 0.05) is 25.4 Å². The highest BCUT2D eigenvalue weighted by Gasteiger charge is 2.27. The van der Waals surface area contributed by atoms with Crippen LogP contribution in [0.25, 0.3) is 0 Å². The highest BCUT2D eigenvalue weighted by molar-refractivity contribution is 5.95. The first-order chi connectivity index (χ1) is 8.20. The zero-order valence-electron chi connectivity index (χ0n) is 10.0. The summed E-state index contributed by atoms with van der Waals surface area (Å²) < 4.78 is 5.07. The Morgan fingerprint density at radius 1 is 1.59 bits per heavy atom. The van der Waals surface area contributed by atoms with Crippen LogP contribution in [0.3, 0.4) is 0 Å². The molecule has 1 fully saturated rings. The van der Waals surface area contributed by atoms with Crippen LogP contribution in [0.5, 0.6) is 0 Å².